The fourth-order valence-electron chi connectivity index (χ4n) is 9.72. The summed E-state index contributed by atoms with van der Waals surface area (Å²) in [6, 6.07) is 15.2. The van der Waals surface area contributed by atoms with Crippen LogP contribution in [0.5, 0.6) is 46.0 Å². The molecule has 6 rings (SSSR count). The number of carbonyl (C=O) groups is 2. The molecule has 0 heterocycles. The van der Waals surface area contributed by atoms with Crippen LogP contribution >= 0.6 is 0 Å². The number of rotatable bonds is 18. The number of esters is 1. The van der Waals surface area contributed by atoms with Crippen LogP contribution in [0.4, 0.5) is 0 Å². The summed E-state index contributed by atoms with van der Waals surface area (Å²) in [5, 5.41) is 32.3. The van der Waals surface area contributed by atoms with Gasteiger partial charge in [-0.3, -0.25) is 9.59 Å². The molecule has 3 unspecified atom stereocenters. The number of Topliss-reactive ketones (excluding diaryl/α,β-unsaturated/α-hetero) is 1. The van der Waals surface area contributed by atoms with Gasteiger partial charge in [-0.1, -0.05) is 0 Å². The van der Waals surface area contributed by atoms with E-state index in [1.165, 1.54) is 0 Å². The number of ketones is 1. The van der Waals surface area contributed by atoms with Crippen molar-refractivity contribution in [3.05, 3.63) is 93.0 Å². The van der Waals surface area contributed by atoms with Gasteiger partial charge < -0.3 is 58.0 Å². The molecule has 0 spiro atoms. The number of benzene rings is 4. The fourth-order valence-corrected chi connectivity index (χ4v) is 9.72. The monoisotopic (exact) mass is 886 g/mol. The van der Waals surface area contributed by atoms with Crippen molar-refractivity contribution in [3.63, 3.8) is 0 Å². The first kappa shape index (κ1) is 47.8. The molecule has 14 heteroatoms. The van der Waals surface area contributed by atoms with Crippen LogP contribution < -0.4 is 37.9 Å². The van der Waals surface area contributed by atoms with Gasteiger partial charge in [0, 0.05) is 119 Å². The third kappa shape index (κ3) is 9.41. The van der Waals surface area contributed by atoms with Gasteiger partial charge in [-0.15, -0.1) is 0 Å². The molecule has 0 radical (unpaired) electrons. The predicted molar refractivity (Wildman–Crippen MR) is 239 cm³/mol. The Kier molecular flexibility index (Phi) is 16.3. The number of aliphatic hydroxyl groups is 3. The second-order valence-electron chi connectivity index (χ2n) is 16.0. The summed E-state index contributed by atoms with van der Waals surface area (Å²) in [6.45, 7) is -0.619. The molecule has 346 valence electrons. The van der Waals surface area contributed by atoms with Crippen molar-refractivity contribution < 1.29 is 67.5 Å². The lowest BCUT2D eigenvalue weighted by Gasteiger charge is -2.31. The molecule has 1 saturated carbocycles. The van der Waals surface area contributed by atoms with E-state index < -0.39 is 35.6 Å². The average Bonchev–Trinajstić information content (AvgIpc) is 3.76. The Balaban J connectivity index is 1.77. The van der Waals surface area contributed by atoms with Gasteiger partial charge in [0.05, 0.1) is 63.5 Å². The van der Waals surface area contributed by atoms with Gasteiger partial charge in [0.2, 0.25) is 0 Å². The third-order valence-corrected chi connectivity index (χ3v) is 12.8. The number of aliphatic hydroxyl groups excluding tert-OH is 3. The van der Waals surface area contributed by atoms with Crippen molar-refractivity contribution in [1.82, 2.24) is 0 Å². The smallest absolute Gasteiger partial charge is 0.316 e. The van der Waals surface area contributed by atoms with Crippen LogP contribution in [-0.2, 0) is 14.3 Å². The molecule has 64 heavy (non-hydrogen) atoms. The Morgan fingerprint density at radius 3 is 0.938 bits per heavy atom. The predicted octanol–water partition coefficient (Wildman–Crippen LogP) is 7.05. The summed E-state index contributed by atoms with van der Waals surface area (Å²) in [4.78, 5) is 25.9. The van der Waals surface area contributed by atoms with Gasteiger partial charge in [0.25, 0.3) is 0 Å². The van der Waals surface area contributed by atoms with Crippen molar-refractivity contribution >= 4 is 11.8 Å². The first-order valence-corrected chi connectivity index (χ1v) is 21.6. The number of hydrogen-bond acceptors (Lipinski definition) is 14. The van der Waals surface area contributed by atoms with Gasteiger partial charge in [-0.05, 0) is 62.8 Å². The number of ether oxygens (including phenoxy) is 9. The maximum absolute atomic E-state index is 13.3. The fraction of sp³-hybridized carbons (Fsp3) is 0.480. The highest BCUT2D eigenvalue weighted by molar-refractivity contribution is 6.00. The maximum Gasteiger partial charge on any atom is 0.316 e. The van der Waals surface area contributed by atoms with Crippen molar-refractivity contribution in [2.45, 2.75) is 68.6 Å². The molecule has 0 amide bonds. The quantitative estimate of drug-likeness (QED) is 0.0684. The molecule has 2 aliphatic rings. The minimum Gasteiger partial charge on any atom is -0.496 e. The minimum absolute atomic E-state index is 0.0416. The number of fused-ring (bicyclic) bond motifs is 8. The molecule has 14 nitrogen and oxygen atoms in total. The SMILES string of the molecule is COc1cc(OC)c2cc1C(CCO)c1cc(c(OC)cc1OC)C(CCO)c1cc(c(OC)cc1OC)C(CCOC(=O)C1CCCC1=O)c1cc(c(OC)cc1OC)C2CCO. The Bertz CT molecular complexity index is 2140. The molecule has 8 bridgehead atoms. The van der Waals surface area contributed by atoms with Crippen LogP contribution in [0.1, 0.15) is 113 Å². The van der Waals surface area contributed by atoms with E-state index in [9.17, 15) is 24.9 Å². The summed E-state index contributed by atoms with van der Waals surface area (Å²) >= 11 is 0. The summed E-state index contributed by atoms with van der Waals surface area (Å²) in [5.74, 6) is 0.345. The zero-order valence-electron chi connectivity index (χ0n) is 38.1. The third-order valence-electron chi connectivity index (χ3n) is 12.8. The van der Waals surface area contributed by atoms with Gasteiger partial charge >= 0.3 is 5.97 Å². The van der Waals surface area contributed by atoms with Gasteiger partial charge in [-0.2, -0.15) is 0 Å². The number of methoxy groups -OCH3 is 8. The Morgan fingerprint density at radius 1 is 0.453 bits per heavy atom. The topological polar surface area (TPSA) is 178 Å². The zero-order valence-corrected chi connectivity index (χ0v) is 38.1. The van der Waals surface area contributed by atoms with E-state index in [-0.39, 0.29) is 57.9 Å². The maximum atomic E-state index is 13.3. The first-order chi connectivity index (χ1) is 31.1. The molecule has 1 fully saturated rings. The minimum atomic E-state index is -0.787. The summed E-state index contributed by atoms with van der Waals surface area (Å²) in [6.07, 6.45) is 2.47. The van der Waals surface area contributed by atoms with Gasteiger partial charge in [0.15, 0.2) is 0 Å². The lowest BCUT2D eigenvalue weighted by molar-refractivity contribution is -0.151. The van der Waals surface area contributed by atoms with Crippen LogP contribution in [0, 0.1) is 5.92 Å². The number of hydrogen-bond donors (Lipinski definition) is 3. The van der Waals surface area contributed by atoms with E-state index >= 15 is 0 Å². The van der Waals surface area contributed by atoms with Crippen molar-refractivity contribution in [2.24, 2.45) is 5.92 Å². The molecular formula is C50H62O14. The second kappa shape index (κ2) is 21.8. The standard InChI is InChI=1S/C50H62O14/c1-56-42-24-44(58-3)35-20-33(42)28(12-16-51)34-21-36(45(59-4)25-43(34)57-2)30(14-18-53)38-23-40(49(63-8)27-47(38)61-6)31(15-19-64-50(55)32-10-9-11-41(32)54)39-22-37(29(35)13-17-52)46(60-5)26-48(39)62-7/h20-32,51-53H,9-19H2,1-8H3. The van der Waals surface area contributed by atoms with E-state index in [2.05, 4.69) is 0 Å². The number of carbonyl (C=O) groups excluding carboxylic acids is 2. The molecule has 0 aromatic heterocycles. The Hall–Kier alpha value is -5.70. The van der Waals surface area contributed by atoms with Crippen LogP contribution in [-0.4, -0.2) is 110 Å². The van der Waals surface area contributed by atoms with Crippen molar-refractivity contribution in [3.8, 4) is 46.0 Å². The molecule has 0 saturated heterocycles. The summed E-state index contributed by atoms with van der Waals surface area (Å²) in [7, 11) is 12.6. The van der Waals surface area contributed by atoms with Gasteiger partial charge in [-0.25, -0.2) is 0 Å². The van der Waals surface area contributed by atoms with Crippen LogP contribution in [0.15, 0.2) is 48.5 Å². The van der Waals surface area contributed by atoms with Gasteiger partial charge in [0.1, 0.15) is 57.7 Å². The normalized spacial score (nSPS) is 19.1. The molecular weight excluding hydrogens is 825 g/mol. The molecule has 3 atom stereocenters. The van der Waals surface area contributed by atoms with Crippen molar-refractivity contribution in [2.75, 3.05) is 83.3 Å². The van der Waals surface area contributed by atoms with Crippen LogP contribution in [0.3, 0.4) is 0 Å². The summed E-state index contributed by atoms with van der Waals surface area (Å²) in [5.41, 5.74) is 5.72. The Morgan fingerprint density at radius 2 is 0.719 bits per heavy atom. The zero-order chi connectivity index (χ0) is 46.1. The lowest BCUT2D eigenvalue weighted by atomic mass is 9.77. The molecule has 4 aromatic rings. The van der Waals surface area contributed by atoms with E-state index in [1.807, 2.05) is 48.5 Å². The highest BCUT2D eigenvalue weighted by Gasteiger charge is 2.36. The Labute approximate surface area is 375 Å². The van der Waals surface area contributed by atoms with E-state index in [1.54, 1.807) is 56.9 Å². The van der Waals surface area contributed by atoms with Crippen LogP contribution in [0.25, 0.3) is 0 Å². The molecule has 2 aliphatic carbocycles. The highest BCUT2D eigenvalue weighted by atomic mass is 16.5. The lowest BCUT2D eigenvalue weighted by Crippen LogP contribution is -2.22. The van der Waals surface area contributed by atoms with E-state index in [4.69, 9.17) is 42.6 Å². The second-order valence-corrected chi connectivity index (χ2v) is 16.0. The largest absolute Gasteiger partial charge is 0.496 e. The average molecular weight is 887 g/mol. The molecule has 0 aliphatic heterocycles. The summed E-state index contributed by atoms with van der Waals surface area (Å²) < 4.78 is 54.7. The van der Waals surface area contributed by atoms with Crippen molar-refractivity contribution in [1.29, 1.82) is 0 Å². The van der Waals surface area contributed by atoms with E-state index in [0.29, 0.717) is 87.5 Å². The van der Waals surface area contributed by atoms with Crippen LogP contribution in [0.2, 0.25) is 0 Å². The molecule has 3 N–H and O–H groups in total. The van der Waals surface area contributed by atoms with E-state index in [0.717, 1.165) is 22.3 Å². The first-order valence-electron chi connectivity index (χ1n) is 21.6. The molecule has 4 aromatic carbocycles. The highest BCUT2D eigenvalue weighted by Crippen LogP contribution is 2.52.